The van der Waals surface area contributed by atoms with Gasteiger partial charge in [0.25, 0.3) is 0 Å². The van der Waals surface area contributed by atoms with E-state index in [0.29, 0.717) is 36.1 Å². The molecule has 0 radical (unpaired) electrons. The number of unbranched alkanes of at least 4 members (excludes halogenated alkanes) is 10. The first-order valence-electron chi connectivity index (χ1n) is 23.5. The Hall–Kier alpha value is -4.72. The van der Waals surface area contributed by atoms with Crippen LogP contribution in [0.4, 0.5) is 0 Å². The Balaban J connectivity index is 1.18. The molecule has 0 fully saturated rings. The van der Waals surface area contributed by atoms with Crippen molar-refractivity contribution in [3.8, 4) is 0 Å². The average molecular weight is 845 g/mol. The number of fused-ring (bicyclic) bond motifs is 4. The number of carbonyl (C=O) groups is 2. The first-order valence-corrected chi connectivity index (χ1v) is 23.5. The third-order valence-electron chi connectivity index (χ3n) is 12.5. The SMILES string of the molecule is CCCCCCCCOC1=c2cc3c(nc2C=C(OC(=O)CCC(=O)OC2=Cc4nc5c(cc4=C(OCCCCCCCC)C2(C)C)C=CC(C)(C)C=5)C1(C)C)=CC(C)(C)C=C3. The molecule has 8 heteroatoms. The Kier molecular flexibility index (Phi) is 14.9. The van der Waals surface area contributed by atoms with Crippen LogP contribution >= 0.6 is 0 Å². The van der Waals surface area contributed by atoms with Crippen LogP contribution in [-0.4, -0.2) is 35.1 Å². The second-order valence-electron chi connectivity index (χ2n) is 20.0. The van der Waals surface area contributed by atoms with Crippen LogP contribution in [0.15, 0.2) is 35.8 Å². The molecule has 4 aliphatic carbocycles. The van der Waals surface area contributed by atoms with Crippen molar-refractivity contribution in [2.45, 2.75) is 159 Å². The van der Waals surface area contributed by atoms with E-state index in [1.165, 1.54) is 51.4 Å². The van der Waals surface area contributed by atoms with Crippen molar-refractivity contribution in [1.82, 2.24) is 9.97 Å². The van der Waals surface area contributed by atoms with E-state index < -0.39 is 22.8 Å². The highest BCUT2D eigenvalue weighted by Crippen LogP contribution is 2.42. The monoisotopic (exact) mass is 845 g/mol. The van der Waals surface area contributed by atoms with E-state index in [0.717, 1.165) is 69.5 Å². The molecule has 0 N–H and O–H groups in total. The van der Waals surface area contributed by atoms with Crippen molar-refractivity contribution in [2.24, 2.45) is 21.7 Å². The predicted molar refractivity (Wildman–Crippen MR) is 252 cm³/mol. The number of ether oxygens (including phenoxy) is 4. The number of hydrogen-bond acceptors (Lipinski definition) is 8. The minimum Gasteiger partial charge on any atom is -0.496 e. The van der Waals surface area contributed by atoms with Gasteiger partial charge in [-0.1, -0.05) is 130 Å². The molecular formula is C54H72N2O6. The van der Waals surface area contributed by atoms with Gasteiger partial charge in [-0.25, -0.2) is 9.97 Å². The molecule has 0 amide bonds. The summed E-state index contributed by atoms with van der Waals surface area (Å²) in [5.41, 5.74) is 1.70. The summed E-state index contributed by atoms with van der Waals surface area (Å²) < 4.78 is 25.5. The van der Waals surface area contributed by atoms with Crippen LogP contribution in [0, 0.1) is 21.7 Å². The molecular weight excluding hydrogens is 773 g/mol. The number of hydrogen-bond donors (Lipinski definition) is 0. The van der Waals surface area contributed by atoms with Gasteiger partial charge in [0, 0.05) is 44.5 Å². The lowest BCUT2D eigenvalue weighted by Gasteiger charge is -2.33. The highest BCUT2D eigenvalue weighted by molar-refractivity contribution is 5.81. The maximum atomic E-state index is 13.7. The number of rotatable bonds is 21. The Bertz CT molecular complexity index is 2220. The predicted octanol–water partition coefficient (Wildman–Crippen LogP) is 10.4. The van der Waals surface area contributed by atoms with E-state index in [4.69, 9.17) is 28.9 Å². The first-order chi connectivity index (χ1) is 29.4. The quantitative estimate of drug-likeness (QED) is 0.0905. The van der Waals surface area contributed by atoms with E-state index in [9.17, 15) is 9.59 Å². The largest absolute Gasteiger partial charge is 0.496 e. The third-order valence-corrected chi connectivity index (χ3v) is 12.5. The van der Waals surface area contributed by atoms with Gasteiger partial charge in [-0.05, 0) is 64.8 Å². The Labute approximate surface area is 370 Å². The highest BCUT2D eigenvalue weighted by atomic mass is 16.6. The topological polar surface area (TPSA) is 96.8 Å². The van der Waals surface area contributed by atoms with E-state index in [2.05, 4.69) is 90.1 Å². The van der Waals surface area contributed by atoms with Gasteiger partial charge in [-0.3, -0.25) is 9.59 Å². The zero-order valence-electron chi connectivity index (χ0n) is 39.4. The van der Waals surface area contributed by atoms with Crippen molar-refractivity contribution in [3.05, 3.63) is 79.5 Å². The summed E-state index contributed by atoms with van der Waals surface area (Å²) in [5.74, 6) is 1.32. The molecule has 0 spiro atoms. The number of pyridine rings is 2. The molecule has 0 bridgehead atoms. The molecule has 0 unspecified atom stereocenters. The number of carbonyl (C=O) groups excluding carboxylic acids is 2. The third kappa shape index (κ3) is 11.3. The van der Waals surface area contributed by atoms with E-state index >= 15 is 0 Å². The van der Waals surface area contributed by atoms with Crippen molar-refractivity contribution < 1.29 is 28.5 Å². The average Bonchev–Trinajstić information content (AvgIpc) is 3.20. The Morgan fingerprint density at radius 2 is 0.903 bits per heavy atom. The molecule has 2 aromatic rings. The second-order valence-corrected chi connectivity index (χ2v) is 20.0. The van der Waals surface area contributed by atoms with Gasteiger partial charge in [0.15, 0.2) is 0 Å². The number of allylic oxidation sites excluding steroid dienone is 2. The van der Waals surface area contributed by atoms with Gasteiger partial charge in [-0.2, -0.15) is 0 Å². The van der Waals surface area contributed by atoms with Crippen LogP contribution in [-0.2, 0) is 28.5 Å². The number of esters is 2. The van der Waals surface area contributed by atoms with Crippen LogP contribution in [0.1, 0.15) is 182 Å². The number of aromatic nitrogens is 2. The van der Waals surface area contributed by atoms with Gasteiger partial charge in [0.1, 0.15) is 23.0 Å². The second kappa shape index (κ2) is 19.8. The standard InChI is InChI=1S/C54H72N2O6/c1-11-13-15-17-19-21-29-59-49-39-31-37-25-27-51(3,4)35-43(37)55-41(39)33-45(53(49,7)8)61-47(57)23-24-48(58)62-46-34-42-40(32-38-26-28-52(5,6)36-44(38)56-42)50(54(46,9)10)60-30-22-20-18-16-14-12-2/h25-28,31-36H,11-24,29-30H2,1-10H3. The summed E-state index contributed by atoms with van der Waals surface area (Å²) in [4.78, 5) is 37.5. The Morgan fingerprint density at radius 3 is 1.29 bits per heavy atom. The van der Waals surface area contributed by atoms with Crippen molar-refractivity contribution in [3.63, 3.8) is 0 Å². The smallest absolute Gasteiger partial charge is 0.311 e. The van der Waals surface area contributed by atoms with E-state index in [1.54, 1.807) is 0 Å². The summed E-state index contributed by atoms with van der Waals surface area (Å²) >= 11 is 0. The molecule has 4 aliphatic rings. The molecule has 62 heavy (non-hydrogen) atoms. The van der Waals surface area contributed by atoms with Crippen molar-refractivity contribution in [2.75, 3.05) is 13.2 Å². The minimum atomic E-state index is -0.761. The maximum Gasteiger partial charge on any atom is 0.311 e. The maximum absolute atomic E-state index is 13.7. The molecule has 334 valence electrons. The van der Waals surface area contributed by atoms with E-state index in [-0.39, 0.29) is 23.7 Å². The van der Waals surface area contributed by atoms with Gasteiger partial charge < -0.3 is 18.9 Å². The summed E-state index contributed by atoms with van der Waals surface area (Å²) in [7, 11) is 0. The number of nitrogens with zero attached hydrogens (tertiary/aromatic N) is 2. The van der Waals surface area contributed by atoms with Gasteiger partial charge in [0.05, 0.1) is 59.0 Å². The van der Waals surface area contributed by atoms with E-state index in [1.807, 2.05) is 39.8 Å². The lowest BCUT2D eigenvalue weighted by Crippen LogP contribution is -2.36. The molecule has 0 saturated heterocycles. The van der Waals surface area contributed by atoms with Crippen LogP contribution in [0.25, 0.3) is 48.0 Å². The molecule has 8 nitrogen and oxygen atoms in total. The van der Waals surface area contributed by atoms with Gasteiger partial charge in [0.2, 0.25) is 0 Å². The van der Waals surface area contributed by atoms with Gasteiger partial charge >= 0.3 is 11.9 Å². The molecule has 0 atom stereocenters. The van der Waals surface area contributed by atoms with Crippen LogP contribution in [0.5, 0.6) is 0 Å². The zero-order valence-corrected chi connectivity index (χ0v) is 39.4. The summed E-state index contributed by atoms with van der Waals surface area (Å²) in [6, 6.07) is 4.29. The normalized spacial score (nSPS) is 18.2. The molecule has 0 saturated carbocycles. The fourth-order valence-corrected chi connectivity index (χ4v) is 8.61. The summed E-state index contributed by atoms with van der Waals surface area (Å²) in [5, 5.41) is 3.60. The van der Waals surface area contributed by atoms with Crippen LogP contribution < -0.4 is 21.1 Å². The molecule has 2 aromatic heterocycles. The molecule has 2 heterocycles. The Morgan fingerprint density at radius 1 is 0.532 bits per heavy atom. The zero-order chi connectivity index (χ0) is 44.7. The summed E-state index contributed by atoms with van der Waals surface area (Å²) in [6.45, 7) is 22.3. The molecule has 0 aromatic carbocycles. The lowest BCUT2D eigenvalue weighted by atomic mass is 9.82. The lowest BCUT2D eigenvalue weighted by molar-refractivity contribution is -0.147. The minimum absolute atomic E-state index is 0.133. The molecule has 0 aliphatic heterocycles. The molecule has 6 rings (SSSR count). The van der Waals surface area contributed by atoms with Crippen LogP contribution in [0.3, 0.4) is 0 Å². The fraction of sp³-hybridized carbons (Fsp3) is 0.556. The van der Waals surface area contributed by atoms with Crippen LogP contribution in [0.2, 0.25) is 0 Å². The summed E-state index contributed by atoms with van der Waals surface area (Å²) in [6.07, 6.45) is 30.2. The van der Waals surface area contributed by atoms with Crippen molar-refractivity contribution in [1.29, 1.82) is 0 Å². The fourth-order valence-electron chi connectivity index (χ4n) is 8.61. The van der Waals surface area contributed by atoms with Crippen molar-refractivity contribution >= 4 is 59.9 Å². The highest BCUT2D eigenvalue weighted by Gasteiger charge is 2.39. The first kappa shape index (κ1) is 46.8. The van der Waals surface area contributed by atoms with Gasteiger partial charge in [-0.15, -0.1) is 0 Å².